The van der Waals surface area contributed by atoms with Crippen molar-refractivity contribution in [1.29, 1.82) is 0 Å². The summed E-state index contributed by atoms with van der Waals surface area (Å²) in [7, 11) is 0. The molecule has 0 fully saturated rings. The molecule has 0 atom stereocenters. The van der Waals surface area contributed by atoms with Gasteiger partial charge in [0.2, 0.25) is 0 Å². The number of amides is 1. The highest BCUT2D eigenvalue weighted by atomic mass is 32.1. The number of imidazole rings is 1. The van der Waals surface area contributed by atoms with E-state index in [0.29, 0.717) is 18.7 Å². The van der Waals surface area contributed by atoms with E-state index in [1.807, 2.05) is 65.0 Å². The number of carbonyl (C=O) groups is 1. The van der Waals surface area contributed by atoms with Gasteiger partial charge in [0, 0.05) is 18.3 Å². The van der Waals surface area contributed by atoms with E-state index in [2.05, 4.69) is 9.97 Å². The van der Waals surface area contributed by atoms with Crippen LogP contribution in [0.1, 0.15) is 23.0 Å². The van der Waals surface area contributed by atoms with Crippen LogP contribution >= 0.6 is 11.3 Å². The topological polar surface area (TPSA) is 50.5 Å². The van der Waals surface area contributed by atoms with Crippen molar-refractivity contribution in [1.82, 2.24) is 19.3 Å². The van der Waals surface area contributed by atoms with E-state index in [1.165, 1.54) is 0 Å². The Kier molecular flexibility index (Phi) is 3.74. The summed E-state index contributed by atoms with van der Waals surface area (Å²) in [5, 5.41) is 0. The largest absolute Gasteiger partial charge is 0.333 e. The monoisotopic (exact) mass is 336 g/mol. The number of rotatable bonds is 4. The van der Waals surface area contributed by atoms with Crippen LogP contribution in [0.4, 0.5) is 0 Å². The van der Waals surface area contributed by atoms with Crippen molar-refractivity contribution in [3.05, 3.63) is 65.6 Å². The number of aromatic nitrogens is 3. The third-order valence-corrected chi connectivity index (χ3v) is 4.89. The molecule has 0 aliphatic carbocycles. The van der Waals surface area contributed by atoms with Crippen molar-refractivity contribution >= 4 is 33.1 Å². The minimum absolute atomic E-state index is 0.0266. The van der Waals surface area contributed by atoms with Crippen molar-refractivity contribution in [2.75, 3.05) is 6.54 Å². The molecule has 0 unspecified atom stereocenters. The SMILES string of the molecule is CCN(Cc1cnc2ccccn12)C(=O)c1ccc2ncsc2c1. The van der Waals surface area contributed by atoms with E-state index in [9.17, 15) is 4.79 Å². The molecule has 0 aliphatic rings. The van der Waals surface area contributed by atoms with Crippen LogP contribution in [-0.4, -0.2) is 31.7 Å². The maximum absolute atomic E-state index is 12.9. The second kappa shape index (κ2) is 6.05. The summed E-state index contributed by atoms with van der Waals surface area (Å²) in [4.78, 5) is 23.4. The van der Waals surface area contributed by atoms with Gasteiger partial charge in [-0.05, 0) is 37.3 Å². The van der Waals surface area contributed by atoms with E-state index in [1.54, 1.807) is 16.8 Å². The molecule has 0 saturated carbocycles. The molecule has 3 aromatic heterocycles. The van der Waals surface area contributed by atoms with E-state index in [0.717, 1.165) is 21.6 Å². The molecule has 0 N–H and O–H groups in total. The molecule has 24 heavy (non-hydrogen) atoms. The zero-order valence-electron chi connectivity index (χ0n) is 13.2. The van der Waals surface area contributed by atoms with Gasteiger partial charge < -0.3 is 9.30 Å². The van der Waals surface area contributed by atoms with Crippen LogP contribution in [0, 0.1) is 0 Å². The predicted octanol–water partition coefficient (Wildman–Crippen LogP) is 3.61. The Hall–Kier alpha value is -2.73. The van der Waals surface area contributed by atoms with Crippen LogP contribution in [0.5, 0.6) is 0 Å². The second-order valence-corrected chi connectivity index (χ2v) is 6.42. The van der Waals surface area contributed by atoms with Gasteiger partial charge in [-0.3, -0.25) is 4.79 Å². The highest BCUT2D eigenvalue weighted by molar-refractivity contribution is 7.16. The van der Waals surface area contributed by atoms with Crippen molar-refractivity contribution in [3.8, 4) is 0 Å². The van der Waals surface area contributed by atoms with Crippen LogP contribution in [0.15, 0.2) is 54.3 Å². The highest BCUT2D eigenvalue weighted by Crippen LogP contribution is 2.20. The lowest BCUT2D eigenvalue weighted by Crippen LogP contribution is -2.30. The number of hydrogen-bond acceptors (Lipinski definition) is 4. The fourth-order valence-electron chi connectivity index (χ4n) is 2.80. The van der Waals surface area contributed by atoms with Gasteiger partial charge in [-0.15, -0.1) is 11.3 Å². The lowest BCUT2D eigenvalue weighted by Gasteiger charge is -2.20. The molecule has 0 aliphatic heterocycles. The van der Waals surface area contributed by atoms with Gasteiger partial charge >= 0.3 is 0 Å². The Balaban J connectivity index is 1.63. The van der Waals surface area contributed by atoms with E-state index < -0.39 is 0 Å². The Morgan fingerprint density at radius 2 is 2.17 bits per heavy atom. The molecule has 4 aromatic rings. The summed E-state index contributed by atoms with van der Waals surface area (Å²) in [5.74, 6) is 0.0266. The van der Waals surface area contributed by atoms with Gasteiger partial charge in [0.15, 0.2) is 0 Å². The third-order valence-electron chi connectivity index (χ3n) is 4.09. The molecule has 0 bridgehead atoms. The van der Waals surface area contributed by atoms with Gasteiger partial charge in [0.25, 0.3) is 5.91 Å². The van der Waals surface area contributed by atoms with Crippen LogP contribution in [0.3, 0.4) is 0 Å². The van der Waals surface area contributed by atoms with E-state index in [4.69, 9.17) is 0 Å². The maximum atomic E-state index is 12.9. The van der Waals surface area contributed by atoms with Crippen molar-refractivity contribution in [2.45, 2.75) is 13.5 Å². The van der Waals surface area contributed by atoms with Crippen molar-refractivity contribution in [2.24, 2.45) is 0 Å². The predicted molar refractivity (Wildman–Crippen MR) is 95.2 cm³/mol. The lowest BCUT2D eigenvalue weighted by atomic mass is 10.2. The summed E-state index contributed by atoms with van der Waals surface area (Å²) in [6.45, 7) is 3.16. The number of benzene rings is 1. The minimum atomic E-state index is 0.0266. The van der Waals surface area contributed by atoms with Crippen molar-refractivity contribution < 1.29 is 4.79 Å². The molecular formula is C18H16N4OS. The van der Waals surface area contributed by atoms with Crippen molar-refractivity contribution in [3.63, 3.8) is 0 Å². The molecule has 0 saturated heterocycles. The normalized spacial score (nSPS) is 11.2. The fourth-order valence-corrected chi connectivity index (χ4v) is 3.51. The first-order chi connectivity index (χ1) is 11.8. The average Bonchev–Trinajstić information content (AvgIpc) is 3.25. The van der Waals surface area contributed by atoms with Crippen LogP contribution < -0.4 is 0 Å². The van der Waals surface area contributed by atoms with Gasteiger partial charge in [-0.25, -0.2) is 9.97 Å². The number of nitrogens with zero attached hydrogens (tertiary/aromatic N) is 4. The van der Waals surface area contributed by atoms with Gasteiger partial charge in [0.05, 0.1) is 34.2 Å². The first-order valence-electron chi connectivity index (χ1n) is 7.80. The minimum Gasteiger partial charge on any atom is -0.333 e. The Labute approximate surface area is 143 Å². The molecule has 0 radical (unpaired) electrons. The number of pyridine rings is 1. The van der Waals surface area contributed by atoms with Gasteiger partial charge in [0.1, 0.15) is 5.65 Å². The first kappa shape index (κ1) is 14.8. The first-order valence-corrected chi connectivity index (χ1v) is 8.67. The fraction of sp³-hybridized carbons (Fsp3) is 0.167. The summed E-state index contributed by atoms with van der Waals surface area (Å²) in [6.07, 6.45) is 3.80. The molecule has 1 aromatic carbocycles. The highest BCUT2D eigenvalue weighted by Gasteiger charge is 2.17. The number of thiazole rings is 1. The molecular weight excluding hydrogens is 320 g/mol. The smallest absolute Gasteiger partial charge is 0.254 e. The molecule has 3 heterocycles. The number of carbonyl (C=O) groups excluding carboxylic acids is 1. The van der Waals surface area contributed by atoms with Gasteiger partial charge in [-0.2, -0.15) is 0 Å². The average molecular weight is 336 g/mol. The summed E-state index contributed by atoms with van der Waals surface area (Å²) >= 11 is 1.55. The standard InChI is InChI=1S/C18H16N4OS/c1-2-21(11-14-10-19-17-5-3-4-8-22(14)17)18(23)13-6-7-15-16(9-13)24-12-20-15/h3-10,12H,2,11H2,1H3. The Morgan fingerprint density at radius 1 is 1.25 bits per heavy atom. The quantitative estimate of drug-likeness (QED) is 0.572. The zero-order valence-corrected chi connectivity index (χ0v) is 14.0. The second-order valence-electron chi connectivity index (χ2n) is 5.53. The maximum Gasteiger partial charge on any atom is 0.254 e. The molecule has 1 amide bonds. The summed E-state index contributed by atoms with van der Waals surface area (Å²) in [5.41, 5.74) is 5.32. The third kappa shape index (κ3) is 2.55. The van der Waals surface area contributed by atoms with E-state index >= 15 is 0 Å². The number of fused-ring (bicyclic) bond motifs is 2. The summed E-state index contributed by atoms with van der Waals surface area (Å²) < 4.78 is 3.05. The molecule has 6 heteroatoms. The Morgan fingerprint density at radius 3 is 3.04 bits per heavy atom. The molecule has 5 nitrogen and oxygen atoms in total. The van der Waals surface area contributed by atoms with Crippen LogP contribution in [-0.2, 0) is 6.54 Å². The van der Waals surface area contributed by atoms with Crippen LogP contribution in [0.2, 0.25) is 0 Å². The Bertz CT molecular complexity index is 1020. The summed E-state index contributed by atoms with van der Waals surface area (Å²) in [6, 6.07) is 11.6. The molecule has 0 spiro atoms. The zero-order chi connectivity index (χ0) is 16.5. The van der Waals surface area contributed by atoms with Crippen LogP contribution in [0.25, 0.3) is 15.9 Å². The van der Waals surface area contributed by atoms with Gasteiger partial charge in [-0.1, -0.05) is 6.07 Å². The molecule has 4 rings (SSSR count). The number of hydrogen-bond donors (Lipinski definition) is 0. The lowest BCUT2D eigenvalue weighted by molar-refractivity contribution is 0.0750. The molecule has 120 valence electrons. The van der Waals surface area contributed by atoms with E-state index in [-0.39, 0.29) is 5.91 Å².